The van der Waals surface area contributed by atoms with Crippen LogP contribution in [0, 0.1) is 0 Å². The van der Waals surface area contributed by atoms with E-state index >= 15 is 0 Å². The van der Waals surface area contributed by atoms with Gasteiger partial charge in [-0.1, -0.05) is 0 Å². The third-order valence-corrected chi connectivity index (χ3v) is 1.36. The highest BCUT2D eigenvalue weighted by molar-refractivity contribution is 9.11. The van der Waals surface area contributed by atoms with Crippen molar-refractivity contribution in [1.82, 2.24) is 0 Å². The summed E-state index contributed by atoms with van der Waals surface area (Å²) in [5.41, 5.74) is 0. The van der Waals surface area contributed by atoms with E-state index < -0.39 is 0 Å². The predicted octanol–water partition coefficient (Wildman–Crippen LogP) is 1.21. The van der Waals surface area contributed by atoms with Gasteiger partial charge in [-0.25, -0.2) is 0 Å². The first-order valence-corrected chi connectivity index (χ1v) is 3.07. The minimum atomic E-state index is -0.288. The van der Waals surface area contributed by atoms with E-state index in [1.54, 1.807) is 6.92 Å². The maximum atomic E-state index is 10.6. The lowest BCUT2D eigenvalue weighted by molar-refractivity contribution is -0.119. The van der Waals surface area contributed by atoms with Gasteiger partial charge in [-0.15, -0.1) is 0 Å². The van der Waals surface area contributed by atoms with Gasteiger partial charge in [-0.05, 0) is 22.9 Å². The fourth-order valence-corrected chi connectivity index (χ4v) is 0.996. The molecule has 1 rings (SSSR count). The Bertz CT molecular complexity index is 151. The van der Waals surface area contributed by atoms with Crippen LogP contribution >= 0.6 is 15.9 Å². The molecule has 1 atom stereocenters. The standard InChI is InChI=1S/C5H5BrO2/c1-3-4(7)2-5(6)8-3/h2-3H,1H3. The molecule has 0 aromatic rings. The third-order valence-electron chi connectivity index (χ3n) is 0.946. The van der Waals surface area contributed by atoms with Gasteiger partial charge in [0.15, 0.2) is 16.6 Å². The fraction of sp³-hybridized carbons (Fsp3) is 0.400. The van der Waals surface area contributed by atoms with E-state index in [2.05, 4.69) is 15.9 Å². The van der Waals surface area contributed by atoms with E-state index in [1.807, 2.05) is 0 Å². The van der Waals surface area contributed by atoms with Crippen LogP contribution in [0.25, 0.3) is 0 Å². The number of ketones is 1. The van der Waals surface area contributed by atoms with Crippen molar-refractivity contribution in [2.75, 3.05) is 0 Å². The summed E-state index contributed by atoms with van der Waals surface area (Å²) in [5.74, 6) is 0.0249. The zero-order valence-electron chi connectivity index (χ0n) is 4.35. The summed E-state index contributed by atoms with van der Waals surface area (Å²) in [6.07, 6.45) is 1.15. The minimum absolute atomic E-state index is 0.0249. The molecule has 0 spiro atoms. The molecule has 1 unspecified atom stereocenters. The monoisotopic (exact) mass is 176 g/mol. The number of carbonyl (C=O) groups is 1. The van der Waals surface area contributed by atoms with Crippen molar-refractivity contribution in [1.29, 1.82) is 0 Å². The highest BCUT2D eigenvalue weighted by atomic mass is 79.9. The summed E-state index contributed by atoms with van der Waals surface area (Å²) < 4.78 is 5.44. The Kier molecular flexibility index (Phi) is 1.38. The molecule has 1 heterocycles. The van der Waals surface area contributed by atoms with Gasteiger partial charge < -0.3 is 4.74 Å². The van der Waals surface area contributed by atoms with Crippen molar-refractivity contribution in [3.8, 4) is 0 Å². The van der Waals surface area contributed by atoms with Crippen LogP contribution in [-0.4, -0.2) is 11.9 Å². The van der Waals surface area contributed by atoms with Crippen molar-refractivity contribution in [3.63, 3.8) is 0 Å². The number of hydrogen-bond donors (Lipinski definition) is 0. The van der Waals surface area contributed by atoms with Crippen LogP contribution in [0.1, 0.15) is 6.92 Å². The molecule has 0 fully saturated rings. The van der Waals surface area contributed by atoms with E-state index in [0.717, 1.165) is 0 Å². The van der Waals surface area contributed by atoms with Crippen LogP contribution in [0.15, 0.2) is 10.7 Å². The molecule has 0 aromatic carbocycles. The largest absolute Gasteiger partial charge is 0.476 e. The highest BCUT2D eigenvalue weighted by Crippen LogP contribution is 2.17. The van der Waals surface area contributed by atoms with Gasteiger partial charge in [0, 0.05) is 6.08 Å². The van der Waals surface area contributed by atoms with Gasteiger partial charge in [0.2, 0.25) is 0 Å². The lowest BCUT2D eigenvalue weighted by Gasteiger charge is -1.99. The van der Waals surface area contributed by atoms with E-state index in [1.165, 1.54) is 6.08 Å². The van der Waals surface area contributed by atoms with Gasteiger partial charge in [0.25, 0.3) is 0 Å². The van der Waals surface area contributed by atoms with E-state index in [-0.39, 0.29) is 11.9 Å². The molecule has 0 N–H and O–H groups in total. The maximum absolute atomic E-state index is 10.6. The number of halogens is 1. The van der Waals surface area contributed by atoms with E-state index in [9.17, 15) is 4.79 Å². The van der Waals surface area contributed by atoms with Crippen molar-refractivity contribution < 1.29 is 9.53 Å². The van der Waals surface area contributed by atoms with E-state index in [0.29, 0.717) is 4.67 Å². The number of rotatable bonds is 0. The van der Waals surface area contributed by atoms with Crippen molar-refractivity contribution in [3.05, 3.63) is 10.7 Å². The predicted molar refractivity (Wildman–Crippen MR) is 32.6 cm³/mol. The zero-order valence-corrected chi connectivity index (χ0v) is 5.94. The molecular weight excluding hydrogens is 172 g/mol. The first kappa shape index (κ1) is 5.82. The topological polar surface area (TPSA) is 26.3 Å². The van der Waals surface area contributed by atoms with Gasteiger partial charge in [0.05, 0.1) is 0 Å². The van der Waals surface area contributed by atoms with Crippen LogP contribution in [0.3, 0.4) is 0 Å². The SMILES string of the molecule is CC1OC(Br)=CC1=O. The van der Waals surface area contributed by atoms with Crippen LogP contribution < -0.4 is 0 Å². The van der Waals surface area contributed by atoms with Gasteiger partial charge in [0.1, 0.15) is 0 Å². The second-order valence-corrected chi connectivity index (χ2v) is 2.39. The highest BCUT2D eigenvalue weighted by Gasteiger charge is 2.19. The molecule has 8 heavy (non-hydrogen) atoms. The smallest absolute Gasteiger partial charge is 0.200 e. The summed E-state index contributed by atoms with van der Waals surface area (Å²) in [5, 5.41) is 0. The Morgan fingerprint density at radius 3 is 2.62 bits per heavy atom. The van der Waals surface area contributed by atoms with Gasteiger partial charge in [-0.2, -0.15) is 0 Å². The van der Waals surface area contributed by atoms with Gasteiger partial charge >= 0.3 is 0 Å². The summed E-state index contributed by atoms with van der Waals surface area (Å²) >= 11 is 3.04. The Balaban J connectivity index is 2.70. The summed E-state index contributed by atoms with van der Waals surface area (Å²) in [4.78, 5) is 10.6. The molecule has 1 aliphatic rings. The van der Waals surface area contributed by atoms with Gasteiger partial charge in [-0.3, -0.25) is 4.79 Å². The average Bonchev–Trinajstić information content (AvgIpc) is 1.85. The maximum Gasteiger partial charge on any atom is 0.200 e. The Hall–Kier alpha value is -0.310. The molecule has 0 bridgehead atoms. The minimum Gasteiger partial charge on any atom is -0.476 e. The fourth-order valence-electron chi connectivity index (χ4n) is 0.490. The summed E-state index contributed by atoms with van der Waals surface area (Å²) in [7, 11) is 0. The molecular formula is C5H5BrO2. The average molecular weight is 177 g/mol. The van der Waals surface area contributed by atoms with Crippen molar-refractivity contribution in [2.24, 2.45) is 0 Å². The Morgan fingerprint density at radius 1 is 1.88 bits per heavy atom. The molecule has 0 amide bonds. The molecule has 0 saturated heterocycles. The molecule has 0 aliphatic carbocycles. The molecule has 1 aliphatic heterocycles. The molecule has 2 nitrogen and oxygen atoms in total. The third kappa shape index (κ3) is 0.916. The zero-order chi connectivity index (χ0) is 6.15. The molecule has 44 valence electrons. The molecule has 0 saturated carbocycles. The molecule has 3 heteroatoms. The van der Waals surface area contributed by atoms with Crippen LogP contribution in [0.5, 0.6) is 0 Å². The normalized spacial score (nSPS) is 27.5. The first-order chi connectivity index (χ1) is 3.70. The Morgan fingerprint density at radius 2 is 2.50 bits per heavy atom. The molecule has 0 radical (unpaired) electrons. The lowest BCUT2D eigenvalue weighted by atomic mass is 10.3. The lowest BCUT2D eigenvalue weighted by Crippen LogP contribution is -2.09. The number of carbonyl (C=O) groups excluding carboxylic acids is 1. The summed E-state index contributed by atoms with van der Waals surface area (Å²) in [6, 6.07) is 0. The second kappa shape index (κ2) is 1.90. The van der Waals surface area contributed by atoms with Crippen LogP contribution in [-0.2, 0) is 9.53 Å². The van der Waals surface area contributed by atoms with E-state index in [4.69, 9.17) is 4.74 Å². The number of ether oxygens (including phenoxy) is 1. The van der Waals surface area contributed by atoms with Crippen LogP contribution in [0.2, 0.25) is 0 Å². The van der Waals surface area contributed by atoms with Crippen LogP contribution in [0.4, 0.5) is 0 Å². The summed E-state index contributed by atoms with van der Waals surface area (Å²) in [6.45, 7) is 1.72. The quantitative estimate of drug-likeness (QED) is 0.555. The second-order valence-electron chi connectivity index (χ2n) is 1.61. The first-order valence-electron chi connectivity index (χ1n) is 2.28. The van der Waals surface area contributed by atoms with Crippen molar-refractivity contribution in [2.45, 2.75) is 13.0 Å². The molecule has 0 aromatic heterocycles. The van der Waals surface area contributed by atoms with Crippen molar-refractivity contribution >= 4 is 21.7 Å². The number of hydrogen-bond acceptors (Lipinski definition) is 2. The Labute approximate surface area is 55.6 Å².